The van der Waals surface area contributed by atoms with Gasteiger partial charge in [-0.1, -0.05) is 37.3 Å². The average Bonchev–Trinajstić information content (AvgIpc) is 2.74. The van der Waals surface area contributed by atoms with Crippen LogP contribution in [0, 0.1) is 0 Å². The third-order valence-electron chi connectivity index (χ3n) is 2.42. The van der Waals surface area contributed by atoms with Gasteiger partial charge < -0.3 is 4.42 Å². The summed E-state index contributed by atoms with van der Waals surface area (Å²) in [6.07, 6.45) is 4.25. The molecule has 2 heteroatoms. The van der Waals surface area contributed by atoms with Gasteiger partial charge in [-0.15, -0.1) is 0 Å². The van der Waals surface area contributed by atoms with Crippen LogP contribution in [0.2, 0.25) is 0 Å². The second-order valence-corrected chi connectivity index (χ2v) is 3.28. The summed E-state index contributed by atoms with van der Waals surface area (Å²) in [7, 11) is 0. The van der Waals surface area contributed by atoms with Crippen LogP contribution in [0.25, 0.3) is 0 Å². The van der Waals surface area contributed by atoms with Crippen molar-refractivity contribution in [3.63, 3.8) is 0 Å². The Bertz CT molecular complexity index is 366. The lowest BCUT2D eigenvalue weighted by molar-refractivity contribution is 0.554. The zero-order chi connectivity index (χ0) is 9.80. The minimum Gasteiger partial charge on any atom is -0.451 e. The highest BCUT2D eigenvalue weighted by Gasteiger charge is 2.13. The monoisotopic (exact) mass is 187 g/mol. The van der Waals surface area contributed by atoms with Gasteiger partial charge in [0.2, 0.25) is 0 Å². The average molecular weight is 187 g/mol. The summed E-state index contributed by atoms with van der Waals surface area (Å²) in [6.45, 7) is 2.16. The van der Waals surface area contributed by atoms with E-state index < -0.39 is 0 Å². The van der Waals surface area contributed by atoms with Crippen molar-refractivity contribution in [2.45, 2.75) is 19.3 Å². The molecule has 0 saturated carbocycles. The van der Waals surface area contributed by atoms with Crippen LogP contribution in [0.3, 0.4) is 0 Å². The van der Waals surface area contributed by atoms with Crippen LogP contribution < -0.4 is 0 Å². The van der Waals surface area contributed by atoms with E-state index in [0.29, 0.717) is 5.92 Å². The van der Waals surface area contributed by atoms with E-state index in [1.54, 1.807) is 6.26 Å². The van der Waals surface area contributed by atoms with Crippen molar-refractivity contribution >= 4 is 0 Å². The molecule has 0 saturated heterocycles. The van der Waals surface area contributed by atoms with E-state index in [1.807, 2.05) is 6.07 Å². The van der Waals surface area contributed by atoms with Crippen LogP contribution in [0.4, 0.5) is 0 Å². The van der Waals surface area contributed by atoms with Gasteiger partial charge in [-0.25, -0.2) is 4.98 Å². The van der Waals surface area contributed by atoms with E-state index >= 15 is 0 Å². The summed E-state index contributed by atoms with van der Waals surface area (Å²) in [6, 6.07) is 10.4. The Morgan fingerprint density at radius 3 is 2.64 bits per heavy atom. The van der Waals surface area contributed by atoms with Crippen molar-refractivity contribution in [1.82, 2.24) is 4.98 Å². The highest BCUT2D eigenvalue weighted by atomic mass is 16.3. The van der Waals surface area contributed by atoms with Gasteiger partial charge in [0.25, 0.3) is 0 Å². The van der Waals surface area contributed by atoms with E-state index in [-0.39, 0.29) is 0 Å². The van der Waals surface area contributed by atoms with E-state index in [9.17, 15) is 0 Å². The Kier molecular flexibility index (Phi) is 2.63. The molecule has 0 aliphatic heterocycles. The number of aromatic nitrogens is 1. The largest absolute Gasteiger partial charge is 0.451 e. The molecule has 0 spiro atoms. The molecule has 0 radical (unpaired) electrons. The molecule has 2 aromatic rings. The van der Waals surface area contributed by atoms with E-state index in [0.717, 1.165) is 12.1 Å². The van der Waals surface area contributed by atoms with E-state index in [1.165, 1.54) is 12.0 Å². The molecule has 0 aliphatic rings. The maximum atomic E-state index is 5.01. The summed E-state index contributed by atoms with van der Waals surface area (Å²) in [4.78, 5) is 4.20. The maximum absolute atomic E-state index is 5.01. The first-order valence-corrected chi connectivity index (χ1v) is 4.85. The number of oxazole rings is 1. The third kappa shape index (κ3) is 1.69. The Balaban J connectivity index is 2.31. The van der Waals surface area contributed by atoms with Crippen molar-refractivity contribution in [3.05, 3.63) is 54.2 Å². The van der Waals surface area contributed by atoms with Gasteiger partial charge >= 0.3 is 0 Å². The molecule has 0 amide bonds. The second kappa shape index (κ2) is 4.09. The Hall–Kier alpha value is -1.57. The number of hydrogen-bond donors (Lipinski definition) is 0. The van der Waals surface area contributed by atoms with Crippen LogP contribution >= 0.6 is 0 Å². The maximum Gasteiger partial charge on any atom is 0.180 e. The molecule has 2 rings (SSSR count). The minimum absolute atomic E-state index is 0.356. The van der Waals surface area contributed by atoms with Crippen molar-refractivity contribution in [1.29, 1.82) is 0 Å². The molecule has 0 fully saturated rings. The molecule has 0 bridgehead atoms. The van der Waals surface area contributed by atoms with Gasteiger partial charge in [0, 0.05) is 5.92 Å². The van der Waals surface area contributed by atoms with Crippen LogP contribution in [0.1, 0.15) is 30.5 Å². The Morgan fingerprint density at radius 1 is 1.29 bits per heavy atom. The predicted octanol–water partition coefficient (Wildman–Crippen LogP) is 3.22. The summed E-state index contributed by atoms with van der Waals surface area (Å²) < 4.78 is 5.01. The summed E-state index contributed by atoms with van der Waals surface area (Å²) in [5, 5.41) is 0. The number of rotatable bonds is 3. The van der Waals surface area contributed by atoms with Crippen LogP contribution in [-0.4, -0.2) is 4.98 Å². The van der Waals surface area contributed by atoms with Gasteiger partial charge in [0.05, 0.1) is 5.69 Å². The normalized spacial score (nSPS) is 12.6. The zero-order valence-electron chi connectivity index (χ0n) is 8.18. The highest BCUT2D eigenvalue weighted by molar-refractivity contribution is 5.26. The number of nitrogens with zero attached hydrogens (tertiary/aromatic N) is 1. The van der Waals surface area contributed by atoms with Gasteiger partial charge in [0.15, 0.2) is 6.39 Å². The first-order chi connectivity index (χ1) is 6.92. The molecule has 0 N–H and O–H groups in total. The molecular weight excluding hydrogens is 174 g/mol. The van der Waals surface area contributed by atoms with Gasteiger partial charge in [-0.05, 0) is 12.0 Å². The summed E-state index contributed by atoms with van der Waals surface area (Å²) in [5.41, 5.74) is 2.31. The van der Waals surface area contributed by atoms with Crippen molar-refractivity contribution < 1.29 is 4.42 Å². The molecule has 72 valence electrons. The Labute approximate surface area is 83.6 Å². The van der Waals surface area contributed by atoms with Crippen LogP contribution in [0.5, 0.6) is 0 Å². The standard InChI is InChI=1S/C12H13NO/c1-2-11(12-8-14-9-13-12)10-6-4-3-5-7-10/h3-9,11H,2H2,1H3. The van der Waals surface area contributed by atoms with Gasteiger partial charge in [-0.3, -0.25) is 0 Å². The van der Waals surface area contributed by atoms with Gasteiger partial charge in [-0.2, -0.15) is 0 Å². The third-order valence-corrected chi connectivity index (χ3v) is 2.42. The zero-order valence-corrected chi connectivity index (χ0v) is 8.18. The molecule has 1 aromatic carbocycles. The molecule has 14 heavy (non-hydrogen) atoms. The molecule has 1 unspecified atom stereocenters. The topological polar surface area (TPSA) is 26.0 Å². The molecule has 0 aliphatic carbocycles. The van der Waals surface area contributed by atoms with E-state index in [2.05, 4.69) is 36.2 Å². The van der Waals surface area contributed by atoms with Crippen molar-refractivity contribution in [2.24, 2.45) is 0 Å². The lowest BCUT2D eigenvalue weighted by Crippen LogP contribution is -1.99. The number of hydrogen-bond acceptors (Lipinski definition) is 2. The fourth-order valence-corrected chi connectivity index (χ4v) is 1.69. The van der Waals surface area contributed by atoms with E-state index in [4.69, 9.17) is 4.42 Å². The first kappa shape index (κ1) is 9.00. The molecular formula is C12H13NO. The Morgan fingerprint density at radius 2 is 2.07 bits per heavy atom. The molecule has 2 nitrogen and oxygen atoms in total. The molecule has 1 atom stereocenters. The summed E-state index contributed by atoms with van der Waals surface area (Å²) in [5.74, 6) is 0.356. The van der Waals surface area contributed by atoms with Crippen LogP contribution in [0.15, 0.2) is 47.4 Å². The van der Waals surface area contributed by atoms with Crippen molar-refractivity contribution in [2.75, 3.05) is 0 Å². The first-order valence-electron chi connectivity index (χ1n) is 4.85. The van der Waals surface area contributed by atoms with Crippen molar-refractivity contribution in [3.8, 4) is 0 Å². The molecule has 1 heterocycles. The second-order valence-electron chi connectivity index (χ2n) is 3.28. The lowest BCUT2D eigenvalue weighted by atomic mass is 9.94. The molecule has 1 aromatic heterocycles. The fraction of sp³-hybridized carbons (Fsp3) is 0.250. The highest BCUT2D eigenvalue weighted by Crippen LogP contribution is 2.25. The predicted molar refractivity (Wildman–Crippen MR) is 55.1 cm³/mol. The quantitative estimate of drug-likeness (QED) is 0.737. The number of benzene rings is 1. The van der Waals surface area contributed by atoms with Crippen LogP contribution in [-0.2, 0) is 0 Å². The minimum atomic E-state index is 0.356. The summed E-state index contributed by atoms with van der Waals surface area (Å²) >= 11 is 0. The van der Waals surface area contributed by atoms with Gasteiger partial charge in [0.1, 0.15) is 6.26 Å². The fourth-order valence-electron chi connectivity index (χ4n) is 1.69. The lowest BCUT2D eigenvalue weighted by Gasteiger charge is -2.11. The SMILES string of the molecule is CCC(c1ccccc1)c1cocn1. The smallest absolute Gasteiger partial charge is 0.180 e.